The fourth-order valence-electron chi connectivity index (χ4n) is 2.43. The Morgan fingerprint density at radius 1 is 1.07 bits per heavy atom. The van der Waals surface area contributed by atoms with Gasteiger partial charge in [-0.1, -0.05) is 30.3 Å². The second-order valence-electron chi connectivity index (χ2n) is 6.77. The predicted octanol–water partition coefficient (Wildman–Crippen LogP) is 2.92. The molecule has 0 saturated heterocycles. The molecule has 0 radical (unpaired) electrons. The fourth-order valence-corrected chi connectivity index (χ4v) is 3.30. The third-order valence-corrected chi connectivity index (χ3v) is 5.21. The van der Waals surface area contributed by atoms with E-state index in [2.05, 4.69) is 10.0 Å². The Kier molecular flexibility index (Phi) is 6.33. The van der Waals surface area contributed by atoms with Crippen molar-refractivity contribution >= 4 is 33.7 Å². The van der Waals surface area contributed by atoms with Crippen molar-refractivity contribution in [2.45, 2.75) is 31.9 Å². The molecule has 1 fully saturated rings. The van der Waals surface area contributed by atoms with Gasteiger partial charge in [-0.05, 0) is 55.7 Å². The van der Waals surface area contributed by atoms with Gasteiger partial charge < -0.3 is 10.1 Å². The van der Waals surface area contributed by atoms with Crippen LogP contribution in [0, 0.1) is 0 Å². The summed E-state index contributed by atoms with van der Waals surface area (Å²) in [6.07, 6.45) is 2.49. The van der Waals surface area contributed by atoms with Gasteiger partial charge in [0.05, 0.1) is 11.0 Å². The highest BCUT2D eigenvalue weighted by molar-refractivity contribution is 7.95. The monoisotopic (exact) mass is 414 g/mol. The lowest BCUT2D eigenvalue weighted by atomic mass is 10.2. The van der Waals surface area contributed by atoms with Crippen LogP contribution in [0.5, 0.6) is 0 Å². The normalized spacial score (nSPS) is 14.9. The van der Waals surface area contributed by atoms with Crippen LogP contribution < -0.4 is 10.0 Å². The van der Waals surface area contributed by atoms with Gasteiger partial charge in [0, 0.05) is 11.7 Å². The van der Waals surface area contributed by atoms with Gasteiger partial charge in [0.25, 0.3) is 15.9 Å². The third kappa shape index (κ3) is 6.46. The zero-order valence-corrected chi connectivity index (χ0v) is 16.7. The van der Waals surface area contributed by atoms with E-state index in [-0.39, 0.29) is 17.5 Å². The van der Waals surface area contributed by atoms with E-state index in [0.29, 0.717) is 5.69 Å². The Bertz CT molecular complexity index is 997. The lowest BCUT2D eigenvalue weighted by Crippen LogP contribution is -2.37. The molecule has 3 rings (SSSR count). The second kappa shape index (κ2) is 8.91. The van der Waals surface area contributed by atoms with Crippen molar-refractivity contribution in [3.8, 4) is 0 Å². The van der Waals surface area contributed by atoms with Gasteiger partial charge in [0.2, 0.25) is 0 Å². The Hall–Kier alpha value is -3.13. The standard InChI is InChI=1S/C21H22N2O5S/c1-15(20(24)22-18-11-12-18)28-21(25)17-7-9-19(10-8-17)23-29(26,27)14-13-16-5-3-2-4-6-16/h2-10,13-15,18,23H,11-12H2,1H3,(H,22,24)/b14-13+/t15-/m1/s1. The highest BCUT2D eigenvalue weighted by Crippen LogP contribution is 2.19. The number of carbonyl (C=O) groups is 2. The topological polar surface area (TPSA) is 102 Å². The van der Waals surface area contributed by atoms with E-state index in [1.807, 2.05) is 18.2 Å². The van der Waals surface area contributed by atoms with Gasteiger partial charge in [0.15, 0.2) is 6.10 Å². The molecule has 2 aromatic carbocycles. The van der Waals surface area contributed by atoms with Crippen molar-refractivity contribution in [2.24, 2.45) is 0 Å². The molecule has 2 aromatic rings. The van der Waals surface area contributed by atoms with Gasteiger partial charge in [0.1, 0.15) is 0 Å². The van der Waals surface area contributed by atoms with Crippen molar-refractivity contribution in [3.05, 3.63) is 71.1 Å². The zero-order chi connectivity index (χ0) is 20.9. The first kappa shape index (κ1) is 20.6. The minimum atomic E-state index is -3.70. The van der Waals surface area contributed by atoms with E-state index in [9.17, 15) is 18.0 Å². The Morgan fingerprint density at radius 2 is 1.72 bits per heavy atom. The minimum absolute atomic E-state index is 0.187. The van der Waals surface area contributed by atoms with Crippen LogP contribution in [0.15, 0.2) is 60.0 Å². The van der Waals surface area contributed by atoms with Gasteiger partial charge in [-0.25, -0.2) is 13.2 Å². The average molecular weight is 414 g/mol. The molecule has 7 nitrogen and oxygen atoms in total. The predicted molar refractivity (Wildman–Crippen MR) is 111 cm³/mol. The van der Waals surface area contributed by atoms with Crippen LogP contribution in [0.1, 0.15) is 35.7 Å². The summed E-state index contributed by atoms with van der Waals surface area (Å²) >= 11 is 0. The first-order valence-corrected chi connectivity index (χ1v) is 10.7. The van der Waals surface area contributed by atoms with Crippen LogP contribution in [0.25, 0.3) is 6.08 Å². The second-order valence-corrected chi connectivity index (χ2v) is 8.33. The molecule has 0 unspecified atom stereocenters. The van der Waals surface area contributed by atoms with Gasteiger partial charge in [-0.3, -0.25) is 9.52 Å². The summed E-state index contributed by atoms with van der Waals surface area (Å²) in [7, 11) is -3.70. The number of benzene rings is 2. The van der Waals surface area contributed by atoms with Crippen LogP contribution in [0.2, 0.25) is 0 Å². The zero-order valence-electron chi connectivity index (χ0n) is 15.9. The van der Waals surface area contributed by atoms with Crippen LogP contribution in [0.4, 0.5) is 5.69 Å². The first-order valence-electron chi connectivity index (χ1n) is 9.20. The molecule has 0 aliphatic heterocycles. The highest BCUT2D eigenvalue weighted by atomic mass is 32.2. The number of ether oxygens (including phenoxy) is 1. The molecule has 29 heavy (non-hydrogen) atoms. The van der Waals surface area contributed by atoms with Gasteiger partial charge in [-0.15, -0.1) is 0 Å². The number of hydrogen-bond donors (Lipinski definition) is 2. The summed E-state index contributed by atoms with van der Waals surface area (Å²) < 4.78 is 31.9. The summed E-state index contributed by atoms with van der Waals surface area (Å²) in [5.41, 5.74) is 1.29. The number of carbonyl (C=O) groups excluding carboxylic acids is 2. The third-order valence-electron chi connectivity index (χ3n) is 4.20. The molecule has 0 bridgehead atoms. The highest BCUT2D eigenvalue weighted by Gasteiger charge is 2.27. The molecular weight excluding hydrogens is 392 g/mol. The van der Waals surface area contributed by atoms with Crippen molar-refractivity contribution in [3.63, 3.8) is 0 Å². The first-order chi connectivity index (χ1) is 13.8. The van der Waals surface area contributed by atoms with E-state index < -0.39 is 22.1 Å². The number of hydrogen-bond acceptors (Lipinski definition) is 5. The molecule has 8 heteroatoms. The largest absolute Gasteiger partial charge is 0.449 e. The summed E-state index contributed by atoms with van der Waals surface area (Å²) in [5, 5.41) is 3.84. The molecule has 1 aliphatic carbocycles. The van der Waals surface area contributed by atoms with Crippen LogP contribution >= 0.6 is 0 Å². The molecule has 152 valence electrons. The summed E-state index contributed by atoms with van der Waals surface area (Å²) in [6.45, 7) is 1.51. The Labute approximate surface area is 169 Å². The maximum absolute atomic E-state index is 12.2. The molecule has 2 N–H and O–H groups in total. The molecule has 0 spiro atoms. The smallest absolute Gasteiger partial charge is 0.338 e. The van der Waals surface area contributed by atoms with E-state index in [4.69, 9.17) is 4.74 Å². The fraction of sp³-hybridized carbons (Fsp3) is 0.238. The number of nitrogens with one attached hydrogen (secondary N) is 2. The van der Waals surface area contributed by atoms with Crippen molar-refractivity contribution in [1.82, 2.24) is 5.32 Å². The number of esters is 1. The number of amides is 1. The SMILES string of the molecule is C[C@@H](OC(=O)c1ccc(NS(=O)(=O)/C=C/c2ccccc2)cc1)C(=O)NC1CC1. The molecule has 1 saturated carbocycles. The quantitative estimate of drug-likeness (QED) is 0.647. The van der Waals surface area contributed by atoms with Gasteiger partial charge in [-0.2, -0.15) is 0 Å². The van der Waals surface area contributed by atoms with Crippen molar-refractivity contribution in [1.29, 1.82) is 0 Å². The lowest BCUT2D eigenvalue weighted by molar-refractivity contribution is -0.129. The molecular formula is C21H22N2O5S. The maximum Gasteiger partial charge on any atom is 0.338 e. The molecule has 0 aromatic heterocycles. The summed E-state index contributed by atoms with van der Waals surface area (Å²) in [4.78, 5) is 24.0. The van der Waals surface area contributed by atoms with Crippen molar-refractivity contribution in [2.75, 3.05) is 4.72 Å². The average Bonchev–Trinajstić information content (AvgIpc) is 3.51. The van der Waals surface area contributed by atoms with E-state index in [0.717, 1.165) is 23.8 Å². The van der Waals surface area contributed by atoms with Gasteiger partial charge >= 0.3 is 5.97 Å². The maximum atomic E-state index is 12.2. The van der Waals surface area contributed by atoms with Crippen molar-refractivity contribution < 1.29 is 22.7 Å². The Morgan fingerprint density at radius 3 is 2.34 bits per heavy atom. The number of sulfonamides is 1. The Balaban J connectivity index is 1.56. The lowest BCUT2D eigenvalue weighted by Gasteiger charge is -2.13. The van der Waals surface area contributed by atoms with E-state index in [1.165, 1.54) is 37.3 Å². The van der Waals surface area contributed by atoms with Crippen LogP contribution in [0.3, 0.4) is 0 Å². The van der Waals surface area contributed by atoms with E-state index >= 15 is 0 Å². The molecule has 1 atom stereocenters. The molecule has 1 amide bonds. The number of anilines is 1. The van der Waals surface area contributed by atoms with Crippen LogP contribution in [-0.4, -0.2) is 32.4 Å². The van der Waals surface area contributed by atoms with E-state index in [1.54, 1.807) is 12.1 Å². The van der Waals surface area contributed by atoms with Crippen LogP contribution in [-0.2, 0) is 19.6 Å². The molecule has 0 heterocycles. The molecule has 1 aliphatic rings. The summed E-state index contributed by atoms with van der Waals surface area (Å²) in [6, 6.07) is 15.0. The number of rotatable bonds is 8. The summed E-state index contributed by atoms with van der Waals surface area (Å²) in [5.74, 6) is -0.975. The minimum Gasteiger partial charge on any atom is -0.449 e.